The molecule has 2 heteroatoms. The second-order valence-corrected chi connectivity index (χ2v) is 9.01. The lowest BCUT2D eigenvalue weighted by Crippen LogP contribution is -2.28. The minimum absolute atomic E-state index is 0.0683. The lowest BCUT2D eigenvalue weighted by molar-refractivity contribution is -0.107. The van der Waals surface area contributed by atoms with Crippen molar-refractivity contribution in [2.75, 3.05) is 0 Å². The second-order valence-electron chi connectivity index (χ2n) is 5.22. The van der Waals surface area contributed by atoms with Gasteiger partial charge >= 0.3 is 0 Å². The van der Waals surface area contributed by atoms with Crippen LogP contribution in [0.5, 0.6) is 0 Å². The Kier molecular flexibility index (Phi) is 3.87. The van der Waals surface area contributed by atoms with Crippen molar-refractivity contribution in [1.29, 1.82) is 0 Å². The molecule has 0 aliphatic heterocycles. The Morgan fingerprint density at radius 3 is 1.46 bits per heavy atom. The van der Waals surface area contributed by atoms with Crippen LogP contribution >= 0.6 is 7.92 Å². The standard InChI is InChI=1S/C11H21OP/c1-8-9(12)13(10(2,3)4)11(5,6)7/h8H,1H2,2-7H3. The predicted octanol–water partition coefficient (Wildman–Crippen LogP) is 3.78. The molecule has 0 rings (SSSR count). The van der Waals surface area contributed by atoms with Crippen molar-refractivity contribution in [2.24, 2.45) is 0 Å². The van der Waals surface area contributed by atoms with Crippen molar-refractivity contribution >= 4 is 13.4 Å². The van der Waals surface area contributed by atoms with Crippen LogP contribution in [0.1, 0.15) is 41.5 Å². The first kappa shape index (κ1) is 12.8. The van der Waals surface area contributed by atoms with Crippen LogP contribution in [0.4, 0.5) is 0 Å². The van der Waals surface area contributed by atoms with Gasteiger partial charge in [-0.1, -0.05) is 48.1 Å². The van der Waals surface area contributed by atoms with Gasteiger partial charge in [-0.3, -0.25) is 4.79 Å². The van der Waals surface area contributed by atoms with Crippen LogP contribution in [0.3, 0.4) is 0 Å². The van der Waals surface area contributed by atoms with Crippen molar-refractivity contribution in [3.63, 3.8) is 0 Å². The molecule has 0 fully saturated rings. The van der Waals surface area contributed by atoms with Gasteiger partial charge in [-0.25, -0.2) is 0 Å². The third kappa shape index (κ3) is 3.60. The van der Waals surface area contributed by atoms with E-state index in [1.807, 2.05) is 0 Å². The second kappa shape index (κ2) is 3.92. The van der Waals surface area contributed by atoms with Crippen LogP contribution in [0.15, 0.2) is 12.7 Å². The van der Waals surface area contributed by atoms with Gasteiger partial charge in [-0.2, -0.15) is 0 Å². The van der Waals surface area contributed by atoms with Gasteiger partial charge in [-0.05, 0) is 24.3 Å². The van der Waals surface area contributed by atoms with E-state index in [2.05, 4.69) is 48.1 Å². The van der Waals surface area contributed by atoms with Gasteiger partial charge in [0.15, 0.2) is 5.52 Å². The van der Waals surface area contributed by atoms with Crippen LogP contribution in [-0.4, -0.2) is 15.8 Å². The van der Waals surface area contributed by atoms with Crippen LogP contribution in [0, 0.1) is 0 Å². The molecule has 0 aliphatic rings. The lowest BCUT2D eigenvalue weighted by atomic mass is 10.2. The molecule has 0 aromatic heterocycles. The van der Waals surface area contributed by atoms with Gasteiger partial charge in [0.2, 0.25) is 0 Å². The number of hydrogen-bond donors (Lipinski definition) is 0. The highest BCUT2D eigenvalue weighted by molar-refractivity contribution is 7.77. The number of hydrogen-bond acceptors (Lipinski definition) is 1. The Balaban J connectivity index is 5.00. The molecule has 0 saturated carbocycles. The summed E-state index contributed by atoms with van der Waals surface area (Å²) in [6, 6.07) is 0. The molecular weight excluding hydrogens is 179 g/mol. The lowest BCUT2D eigenvalue weighted by Gasteiger charge is -2.39. The zero-order chi connectivity index (χ0) is 10.9. The highest BCUT2D eigenvalue weighted by Gasteiger charge is 2.38. The topological polar surface area (TPSA) is 17.1 Å². The van der Waals surface area contributed by atoms with Crippen LogP contribution in [0.2, 0.25) is 0 Å². The molecule has 0 amide bonds. The molecule has 0 spiro atoms. The van der Waals surface area contributed by atoms with E-state index >= 15 is 0 Å². The highest BCUT2D eigenvalue weighted by Crippen LogP contribution is 2.59. The molecule has 0 aliphatic carbocycles. The first-order chi connectivity index (χ1) is 5.60. The van der Waals surface area contributed by atoms with Crippen molar-refractivity contribution < 1.29 is 4.79 Å². The quantitative estimate of drug-likeness (QED) is 0.489. The van der Waals surface area contributed by atoms with Gasteiger partial charge in [0, 0.05) is 0 Å². The van der Waals surface area contributed by atoms with E-state index in [-0.39, 0.29) is 15.8 Å². The van der Waals surface area contributed by atoms with Crippen molar-refractivity contribution in [2.45, 2.75) is 51.9 Å². The molecule has 76 valence electrons. The Morgan fingerprint density at radius 1 is 1.08 bits per heavy atom. The minimum Gasteiger partial charge on any atom is -0.290 e. The third-order valence-electron chi connectivity index (χ3n) is 1.74. The van der Waals surface area contributed by atoms with Gasteiger partial charge in [0.05, 0.1) is 0 Å². The summed E-state index contributed by atoms with van der Waals surface area (Å²) in [4.78, 5) is 11.7. The van der Waals surface area contributed by atoms with Crippen LogP contribution in [0.25, 0.3) is 0 Å². The van der Waals surface area contributed by atoms with E-state index in [1.165, 1.54) is 6.08 Å². The molecule has 0 bridgehead atoms. The molecule has 0 heterocycles. The maximum Gasteiger partial charge on any atom is 0.177 e. The Bertz CT molecular complexity index is 191. The molecule has 1 nitrogen and oxygen atoms in total. The van der Waals surface area contributed by atoms with Gasteiger partial charge in [0.1, 0.15) is 0 Å². The van der Waals surface area contributed by atoms with E-state index in [4.69, 9.17) is 0 Å². The fourth-order valence-electron chi connectivity index (χ4n) is 1.76. The zero-order valence-electron chi connectivity index (χ0n) is 9.64. The van der Waals surface area contributed by atoms with Crippen molar-refractivity contribution in [1.82, 2.24) is 0 Å². The molecular formula is C11H21OP. The van der Waals surface area contributed by atoms with E-state index in [1.54, 1.807) is 0 Å². The summed E-state index contributed by atoms with van der Waals surface area (Å²) in [7, 11) is -0.661. The van der Waals surface area contributed by atoms with Gasteiger partial charge < -0.3 is 0 Å². The van der Waals surface area contributed by atoms with Crippen molar-refractivity contribution in [3.8, 4) is 0 Å². The summed E-state index contributed by atoms with van der Waals surface area (Å²) >= 11 is 0. The van der Waals surface area contributed by atoms with Gasteiger partial charge in [-0.15, -0.1) is 0 Å². The van der Waals surface area contributed by atoms with Gasteiger partial charge in [0.25, 0.3) is 0 Å². The smallest absolute Gasteiger partial charge is 0.177 e. The molecule has 0 saturated heterocycles. The minimum atomic E-state index is -0.661. The maximum atomic E-state index is 11.7. The number of carbonyl (C=O) groups is 1. The van der Waals surface area contributed by atoms with E-state index in [9.17, 15) is 4.79 Å². The summed E-state index contributed by atoms with van der Waals surface area (Å²) < 4.78 is 0. The average Bonchev–Trinajstić information content (AvgIpc) is 1.80. The molecule has 0 aromatic carbocycles. The molecule has 0 aromatic rings. The summed E-state index contributed by atoms with van der Waals surface area (Å²) in [5.74, 6) is 0. The third-order valence-corrected chi connectivity index (χ3v) is 5.04. The predicted molar refractivity (Wildman–Crippen MR) is 61.6 cm³/mol. The Morgan fingerprint density at radius 2 is 1.38 bits per heavy atom. The summed E-state index contributed by atoms with van der Waals surface area (Å²) in [6.07, 6.45) is 1.47. The zero-order valence-corrected chi connectivity index (χ0v) is 10.5. The summed E-state index contributed by atoms with van der Waals surface area (Å²) in [5, 5.41) is 0.137. The summed E-state index contributed by atoms with van der Waals surface area (Å²) in [6.45, 7) is 16.4. The molecule has 0 N–H and O–H groups in total. The van der Waals surface area contributed by atoms with E-state index in [0.717, 1.165) is 0 Å². The van der Waals surface area contributed by atoms with Crippen molar-refractivity contribution in [3.05, 3.63) is 12.7 Å². The SMILES string of the molecule is C=CC(=O)P(C(C)(C)C)C(C)(C)C. The fourth-order valence-corrected chi connectivity index (χ4v) is 5.28. The first-order valence-electron chi connectivity index (χ1n) is 4.57. The fraction of sp³-hybridized carbons (Fsp3) is 0.727. The number of rotatable bonds is 2. The molecule has 0 unspecified atom stereocenters. The van der Waals surface area contributed by atoms with Crippen LogP contribution in [-0.2, 0) is 4.79 Å². The Hall–Kier alpha value is -0.160. The molecule has 0 atom stereocenters. The first-order valence-corrected chi connectivity index (χ1v) is 5.91. The Labute approximate surface area is 83.4 Å². The molecule has 13 heavy (non-hydrogen) atoms. The molecule has 0 radical (unpaired) electrons. The highest BCUT2D eigenvalue weighted by atomic mass is 31.1. The maximum absolute atomic E-state index is 11.7. The van der Waals surface area contributed by atoms with Crippen LogP contribution < -0.4 is 0 Å². The number of allylic oxidation sites excluding steroid dienone is 1. The average molecular weight is 200 g/mol. The summed E-state index contributed by atoms with van der Waals surface area (Å²) in [5.41, 5.74) is 0.218. The monoisotopic (exact) mass is 200 g/mol. The largest absolute Gasteiger partial charge is 0.290 e. The van der Waals surface area contributed by atoms with E-state index in [0.29, 0.717) is 0 Å². The van der Waals surface area contributed by atoms with E-state index < -0.39 is 7.92 Å². The normalized spacial score (nSPS) is 13.2. The number of carbonyl (C=O) groups excluding carboxylic acids is 1.